The van der Waals surface area contributed by atoms with Crippen molar-refractivity contribution in [3.05, 3.63) is 47.3 Å². The van der Waals surface area contributed by atoms with Crippen LogP contribution in [0.3, 0.4) is 0 Å². The van der Waals surface area contributed by atoms with Crippen molar-refractivity contribution in [1.29, 1.82) is 0 Å². The zero-order chi connectivity index (χ0) is 14.5. The number of carboxylic acid groups (broad SMARTS) is 1. The number of nitrogens with zero attached hydrogens (tertiary/aromatic N) is 2. The van der Waals surface area contributed by atoms with E-state index in [-0.39, 0.29) is 0 Å². The number of nitrogens with one attached hydrogen (secondary N) is 1. The van der Waals surface area contributed by atoms with E-state index in [0.29, 0.717) is 12.1 Å². The van der Waals surface area contributed by atoms with Gasteiger partial charge >= 0.3 is 5.97 Å². The fraction of sp³-hybridized carbons (Fsp3) is 0.333. The molecular weight excluding hydrogens is 254 g/mol. The van der Waals surface area contributed by atoms with E-state index in [1.807, 2.05) is 30.1 Å². The molecule has 1 aromatic heterocycles. The van der Waals surface area contributed by atoms with Crippen molar-refractivity contribution in [2.24, 2.45) is 0 Å². The van der Waals surface area contributed by atoms with Gasteiger partial charge in [0.05, 0.1) is 11.8 Å². The molecule has 0 aliphatic heterocycles. The van der Waals surface area contributed by atoms with Crippen molar-refractivity contribution in [2.45, 2.75) is 33.4 Å². The molecule has 5 nitrogen and oxygen atoms in total. The average Bonchev–Trinajstić information content (AvgIpc) is 2.86. The molecule has 2 aromatic rings. The molecule has 20 heavy (non-hydrogen) atoms. The van der Waals surface area contributed by atoms with Crippen molar-refractivity contribution in [3.8, 4) is 0 Å². The van der Waals surface area contributed by atoms with Crippen LogP contribution >= 0.6 is 0 Å². The monoisotopic (exact) mass is 273 g/mol. The summed E-state index contributed by atoms with van der Waals surface area (Å²) in [6, 6.07) is 5.09. The third kappa shape index (κ3) is 3.38. The van der Waals surface area contributed by atoms with Gasteiger partial charge in [-0.25, -0.2) is 4.79 Å². The Morgan fingerprint density at radius 1 is 1.45 bits per heavy atom. The standard InChI is InChI=1S/C15H19N3O2/c1-3-6-18-10-12(9-17-18)8-16-14-7-13(15(19)20)5-4-11(14)2/h4-5,7,9-10,16H,3,6,8H2,1-2H3,(H,19,20). The highest BCUT2D eigenvalue weighted by atomic mass is 16.4. The predicted molar refractivity (Wildman–Crippen MR) is 78.0 cm³/mol. The lowest BCUT2D eigenvalue weighted by Gasteiger charge is -2.09. The van der Waals surface area contributed by atoms with Crippen molar-refractivity contribution >= 4 is 11.7 Å². The third-order valence-electron chi connectivity index (χ3n) is 3.11. The molecule has 0 atom stereocenters. The van der Waals surface area contributed by atoms with Crippen LogP contribution in [-0.2, 0) is 13.1 Å². The van der Waals surface area contributed by atoms with Crippen LogP contribution < -0.4 is 5.32 Å². The Morgan fingerprint density at radius 2 is 2.25 bits per heavy atom. The number of benzene rings is 1. The van der Waals surface area contributed by atoms with Crippen LogP contribution in [0.25, 0.3) is 0 Å². The maximum Gasteiger partial charge on any atom is 0.335 e. The Balaban J connectivity index is 2.05. The first-order chi connectivity index (χ1) is 9.60. The summed E-state index contributed by atoms with van der Waals surface area (Å²) >= 11 is 0. The van der Waals surface area contributed by atoms with Crippen LogP contribution in [0.5, 0.6) is 0 Å². The molecule has 0 spiro atoms. The molecule has 0 saturated carbocycles. The molecule has 2 N–H and O–H groups in total. The quantitative estimate of drug-likeness (QED) is 0.849. The second kappa shape index (κ2) is 6.23. The van der Waals surface area contributed by atoms with E-state index in [2.05, 4.69) is 17.3 Å². The summed E-state index contributed by atoms with van der Waals surface area (Å²) in [4.78, 5) is 11.0. The number of rotatable bonds is 6. The van der Waals surface area contributed by atoms with Crippen LogP contribution in [0, 0.1) is 6.92 Å². The van der Waals surface area contributed by atoms with Gasteiger partial charge in [-0.3, -0.25) is 4.68 Å². The third-order valence-corrected chi connectivity index (χ3v) is 3.11. The lowest BCUT2D eigenvalue weighted by Crippen LogP contribution is -2.03. The van der Waals surface area contributed by atoms with Crippen LogP contribution in [0.2, 0.25) is 0 Å². The Kier molecular flexibility index (Phi) is 4.40. The molecule has 0 fully saturated rings. The van der Waals surface area contributed by atoms with E-state index < -0.39 is 5.97 Å². The zero-order valence-corrected chi connectivity index (χ0v) is 11.8. The molecule has 0 saturated heterocycles. The molecule has 106 valence electrons. The topological polar surface area (TPSA) is 67.2 Å². The highest BCUT2D eigenvalue weighted by molar-refractivity contribution is 5.89. The van der Waals surface area contributed by atoms with Gasteiger partial charge in [0.25, 0.3) is 0 Å². The van der Waals surface area contributed by atoms with Gasteiger partial charge < -0.3 is 10.4 Å². The van der Waals surface area contributed by atoms with Gasteiger partial charge in [-0.2, -0.15) is 5.10 Å². The van der Waals surface area contributed by atoms with Gasteiger partial charge in [0, 0.05) is 30.5 Å². The molecular formula is C15H19N3O2. The maximum atomic E-state index is 11.0. The largest absolute Gasteiger partial charge is 0.478 e. The number of anilines is 1. The van der Waals surface area contributed by atoms with Crippen molar-refractivity contribution in [3.63, 3.8) is 0 Å². The summed E-state index contributed by atoms with van der Waals surface area (Å²) < 4.78 is 1.91. The van der Waals surface area contributed by atoms with E-state index in [9.17, 15) is 4.79 Å². The molecule has 2 rings (SSSR count). The predicted octanol–water partition coefficient (Wildman–Crippen LogP) is 2.91. The minimum atomic E-state index is -0.913. The number of carbonyl (C=O) groups is 1. The molecule has 0 unspecified atom stereocenters. The molecule has 0 aliphatic rings. The summed E-state index contributed by atoms with van der Waals surface area (Å²) in [5.41, 5.74) is 3.24. The molecule has 0 bridgehead atoms. The van der Waals surface area contributed by atoms with Crippen LogP contribution in [0.15, 0.2) is 30.6 Å². The Hall–Kier alpha value is -2.30. The van der Waals surface area contributed by atoms with Gasteiger partial charge in [0.15, 0.2) is 0 Å². The summed E-state index contributed by atoms with van der Waals surface area (Å²) in [7, 11) is 0. The lowest BCUT2D eigenvalue weighted by molar-refractivity contribution is 0.0697. The SMILES string of the molecule is CCCn1cc(CNc2cc(C(=O)O)ccc2C)cn1. The van der Waals surface area contributed by atoms with E-state index in [0.717, 1.165) is 29.8 Å². The van der Waals surface area contributed by atoms with Crippen LogP contribution in [0.4, 0.5) is 5.69 Å². The number of hydrogen-bond acceptors (Lipinski definition) is 3. The smallest absolute Gasteiger partial charge is 0.335 e. The molecule has 1 heterocycles. The highest BCUT2D eigenvalue weighted by Crippen LogP contribution is 2.18. The van der Waals surface area contributed by atoms with E-state index >= 15 is 0 Å². The minimum Gasteiger partial charge on any atom is -0.478 e. The zero-order valence-electron chi connectivity index (χ0n) is 11.8. The molecule has 0 aliphatic carbocycles. The van der Waals surface area contributed by atoms with Gasteiger partial charge in [-0.05, 0) is 31.0 Å². The Morgan fingerprint density at radius 3 is 2.95 bits per heavy atom. The number of aromatic nitrogens is 2. The van der Waals surface area contributed by atoms with E-state index in [1.165, 1.54) is 0 Å². The van der Waals surface area contributed by atoms with Crippen molar-refractivity contribution in [2.75, 3.05) is 5.32 Å². The van der Waals surface area contributed by atoms with Gasteiger partial charge in [-0.15, -0.1) is 0 Å². The fourth-order valence-electron chi connectivity index (χ4n) is 1.99. The first kappa shape index (κ1) is 14.1. The van der Waals surface area contributed by atoms with Crippen LogP contribution in [-0.4, -0.2) is 20.9 Å². The molecule has 1 aromatic carbocycles. The van der Waals surface area contributed by atoms with Crippen molar-refractivity contribution in [1.82, 2.24) is 9.78 Å². The average molecular weight is 273 g/mol. The number of aryl methyl sites for hydroxylation is 2. The summed E-state index contributed by atoms with van der Waals surface area (Å²) in [5, 5.41) is 16.5. The number of aromatic carboxylic acids is 1. The molecule has 5 heteroatoms. The molecule has 0 radical (unpaired) electrons. The summed E-state index contributed by atoms with van der Waals surface area (Å²) in [5.74, 6) is -0.913. The second-order valence-corrected chi connectivity index (χ2v) is 4.80. The van der Waals surface area contributed by atoms with E-state index in [1.54, 1.807) is 12.1 Å². The first-order valence-corrected chi connectivity index (χ1v) is 6.69. The van der Waals surface area contributed by atoms with E-state index in [4.69, 9.17) is 5.11 Å². The minimum absolute atomic E-state index is 0.291. The van der Waals surface area contributed by atoms with Gasteiger partial charge in [-0.1, -0.05) is 13.0 Å². The van der Waals surface area contributed by atoms with Gasteiger partial charge in [0.2, 0.25) is 0 Å². The van der Waals surface area contributed by atoms with Gasteiger partial charge in [0.1, 0.15) is 0 Å². The lowest BCUT2D eigenvalue weighted by atomic mass is 10.1. The fourth-order valence-corrected chi connectivity index (χ4v) is 1.99. The van der Waals surface area contributed by atoms with Crippen molar-refractivity contribution < 1.29 is 9.90 Å². The highest BCUT2D eigenvalue weighted by Gasteiger charge is 2.06. The summed E-state index contributed by atoms with van der Waals surface area (Å²) in [6.07, 6.45) is 4.89. The Labute approximate surface area is 118 Å². The second-order valence-electron chi connectivity index (χ2n) is 4.80. The first-order valence-electron chi connectivity index (χ1n) is 6.69. The summed E-state index contributed by atoms with van der Waals surface area (Å²) in [6.45, 7) is 5.61. The molecule has 0 amide bonds. The number of carboxylic acids is 1. The maximum absolute atomic E-state index is 11.0. The number of hydrogen-bond donors (Lipinski definition) is 2. The normalized spacial score (nSPS) is 10.5. The van der Waals surface area contributed by atoms with Crippen LogP contribution in [0.1, 0.15) is 34.8 Å². The Bertz CT molecular complexity index is 605.